The predicted molar refractivity (Wildman–Crippen MR) is 51.8 cm³/mol. The van der Waals surface area contributed by atoms with Crippen molar-refractivity contribution in [2.45, 2.75) is 19.3 Å². The fraction of sp³-hybridized carbons (Fsp3) is 0.455. The first kappa shape index (κ1) is 9.19. The summed E-state index contributed by atoms with van der Waals surface area (Å²) in [6, 6.07) is 4.01. The van der Waals surface area contributed by atoms with Crippen molar-refractivity contribution in [3.8, 4) is 0 Å². The van der Waals surface area contributed by atoms with E-state index in [0.29, 0.717) is 5.92 Å². The molecule has 0 aliphatic heterocycles. The van der Waals surface area contributed by atoms with E-state index in [1.807, 2.05) is 25.3 Å². The van der Waals surface area contributed by atoms with Crippen LogP contribution in [0, 0.1) is 12.8 Å². The standard InChI is InChI=1S/C11H13NO2/c1-7-3-4-8(6-12-7)9-5-10(9)11(13)14-2/h3-4,6,9-10H,5H2,1-2H3/t9?,10-/m0/s1. The Morgan fingerprint density at radius 1 is 1.57 bits per heavy atom. The molecule has 3 nitrogen and oxygen atoms in total. The van der Waals surface area contributed by atoms with Crippen molar-refractivity contribution in [2.75, 3.05) is 7.11 Å². The molecule has 3 heteroatoms. The van der Waals surface area contributed by atoms with Gasteiger partial charge in [0.25, 0.3) is 0 Å². The number of nitrogens with zero attached hydrogens (tertiary/aromatic N) is 1. The lowest BCUT2D eigenvalue weighted by Crippen LogP contribution is -2.03. The number of carbonyl (C=O) groups is 1. The second-order valence-corrected chi connectivity index (χ2v) is 3.70. The molecule has 14 heavy (non-hydrogen) atoms. The maximum Gasteiger partial charge on any atom is 0.309 e. The smallest absolute Gasteiger partial charge is 0.309 e. The Morgan fingerprint density at radius 2 is 2.36 bits per heavy atom. The van der Waals surface area contributed by atoms with Gasteiger partial charge >= 0.3 is 5.97 Å². The highest BCUT2D eigenvalue weighted by molar-refractivity contribution is 5.77. The molecule has 74 valence electrons. The molecular formula is C11H13NO2. The molecule has 1 fully saturated rings. The molecule has 1 saturated carbocycles. The van der Waals surface area contributed by atoms with Crippen molar-refractivity contribution < 1.29 is 9.53 Å². The molecule has 2 atom stereocenters. The highest BCUT2D eigenvalue weighted by Crippen LogP contribution is 2.47. The van der Waals surface area contributed by atoms with Gasteiger partial charge in [-0.3, -0.25) is 9.78 Å². The van der Waals surface area contributed by atoms with Crippen molar-refractivity contribution in [3.05, 3.63) is 29.6 Å². The van der Waals surface area contributed by atoms with Gasteiger partial charge in [0.05, 0.1) is 13.0 Å². The van der Waals surface area contributed by atoms with E-state index < -0.39 is 0 Å². The van der Waals surface area contributed by atoms with Crippen molar-refractivity contribution in [1.82, 2.24) is 4.98 Å². The fourth-order valence-electron chi connectivity index (χ4n) is 1.67. The summed E-state index contributed by atoms with van der Waals surface area (Å²) in [6.07, 6.45) is 2.75. The van der Waals surface area contributed by atoms with Gasteiger partial charge in [-0.1, -0.05) is 6.07 Å². The Hall–Kier alpha value is -1.38. The van der Waals surface area contributed by atoms with Crippen LogP contribution in [-0.2, 0) is 9.53 Å². The van der Waals surface area contributed by atoms with E-state index in [1.165, 1.54) is 7.11 Å². The zero-order chi connectivity index (χ0) is 10.1. The average Bonchev–Trinajstić information content (AvgIpc) is 2.98. The van der Waals surface area contributed by atoms with Crippen LogP contribution < -0.4 is 0 Å². The number of ether oxygens (including phenoxy) is 1. The van der Waals surface area contributed by atoms with Gasteiger partial charge in [0.15, 0.2) is 0 Å². The minimum atomic E-state index is -0.101. The predicted octanol–water partition coefficient (Wildman–Crippen LogP) is 1.67. The van der Waals surface area contributed by atoms with Crippen molar-refractivity contribution in [2.24, 2.45) is 5.92 Å². The van der Waals surface area contributed by atoms with Gasteiger partial charge in [0.1, 0.15) is 0 Å². The molecule has 0 saturated heterocycles. The molecule has 1 aromatic rings. The van der Waals surface area contributed by atoms with Gasteiger partial charge < -0.3 is 4.74 Å². The first-order chi connectivity index (χ1) is 6.72. The molecule has 1 aromatic heterocycles. The molecule has 0 radical (unpaired) electrons. The molecule has 0 N–H and O–H groups in total. The minimum absolute atomic E-state index is 0.0597. The number of methoxy groups -OCH3 is 1. The SMILES string of the molecule is COC(=O)[C@H]1CC1c1ccc(C)nc1. The van der Waals surface area contributed by atoms with Crippen LogP contribution in [0.1, 0.15) is 23.6 Å². The van der Waals surface area contributed by atoms with E-state index in [0.717, 1.165) is 17.7 Å². The van der Waals surface area contributed by atoms with Crippen LogP contribution >= 0.6 is 0 Å². The number of carbonyl (C=O) groups excluding carboxylic acids is 1. The lowest BCUT2D eigenvalue weighted by atomic mass is 10.1. The number of aryl methyl sites for hydroxylation is 1. The molecule has 1 aliphatic carbocycles. The van der Waals surface area contributed by atoms with Crippen LogP contribution in [0.5, 0.6) is 0 Å². The van der Waals surface area contributed by atoms with E-state index in [-0.39, 0.29) is 11.9 Å². The summed E-state index contributed by atoms with van der Waals surface area (Å²) in [7, 11) is 1.44. The highest BCUT2D eigenvalue weighted by atomic mass is 16.5. The normalized spacial score (nSPS) is 24.4. The monoisotopic (exact) mass is 191 g/mol. The third kappa shape index (κ3) is 1.62. The van der Waals surface area contributed by atoms with E-state index in [4.69, 9.17) is 4.74 Å². The first-order valence-electron chi connectivity index (χ1n) is 4.72. The van der Waals surface area contributed by atoms with Crippen molar-refractivity contribution in [1.29, 1.82) is 0 Å². The summed E-state index contributed by atoms with van der Waals surface area (Å²) in [5, 5.41) is 0. The van der Waals surface area contributed by atoms with Gasteiger partial charge in [0, 0.05) is 11.9 Å². The third-order valence-electron chi connectivity index (χ3n) is 2.66. The lowest BCUT2D eigenvalue weighted by Gasteiger charge is -1.99. The van der Waals surface area contributed by atoms with Crippen LogP contribution in [0.15, 0.2) is 18.3 Å². The molecule has 0 amide bonds. The van der Waals surface area contributed by atoms with E-state index >= 15 is 0 Å². The summed E-state index contributed by atoms with van der Waals surface area (Å²) >= 11 is 0. The van der Waals surface area contributed by atoms with Crippen LogP contribution in [-0.4, -0.2) is 18.1 Å². The molecule has 1 unspecified atom stereocenters. The number of hydrogen-bond acceptors (Lipinski definition) is 3. The number of esters is 1. The second-order valence-electron chi connectivity index (χ2n) is 3.70. The maximum atomic E-state index is 11.2. The summed E-state index contributed by atoms with van der Waals surface area (Å²) < 4.78 is 4.69. The highest BCUT2D eigenvalue weighted by Gasteiger charge is 2.44. The Kier molecular flexibility index (Phi) is 2.23. The first-order valence-corrected chi connectivity index (χ1v) is 4.72. The average molecular weight is 191 g/mol. The molecule has 0 aromatic carbocycles. The summed E-state index contributed by atoms with van der Waals surface area (Å²) in [4.78, 5) is 15.4. The molecule has 2 rings (SSSR count). The van der Waals surface area contributed by atoms with Gasteiger partial charge in [0.2, 0.25) is 0 Å². The molecule has 1 aliphatic rings. The zero-order valence-electron chi connectivity index (χ0n) is 8.36. The lowest BCUT2D eigenvalue weighted by molar-refractivity contribution is -0.142. The number of hydrogen-bond donors (Lipinski definition) is 0. The van der Waals surface area contributed by atoms with Crippen molar-refractivity contribution in [3.63, 3.8) is 0 Å². The second kappa shape index (κ2) is 3.40. The fourth-order valence-corrected chi connectivity index (χ4v) is 1.67. The number of rotatable bonds is 2. The summed E-state index contributed by atoms with van der Waals surface area (Å²) in [5.74, 6) is 0.288. The topological polar surface area (TPSA) is 39.2 Å². The Balaban J connectivity index is 2.06. The van der Waals surface area contributed by atoms with E-state index in [2.05, 4.69) is 4.98 Å². The van der Waals surface area contributed by atoms with Crippen LogP contribution in [0.4, 0.5) is 0 Å². The van der Waals surface area contributed by atoms with Crippen molar-refractivity contribution >= 4 is 5.97 Å². The molecule has 0 bridgehead atoms. The third-order valence-corrected chi connectivity index (χ3v) is 2.66. The largest absolute Gasteiger partial charge is 0.469 e. The van der Waals surface area contributed by atoms with Gasteiger partial charge in [-0.15, -0.1) is 0 Å². The zero-order valence-corrected chi connectivity index (χ0v) is 8.36. The Bertz CT molecular complexity index is 345. The molecule has 1 heterocycles. The van der Waals surface area contributed by atoms with Crippen LogP contribution in [0.2, 0.25) is 0 Å². The number of pyridine rings is 1. The molecule has 0 spiro atoms. The van der Waals surface area contributed by atoms with Gasteiger partial charge in [-0.25, -0.2) is 0 Å². The van der Waals surface area contributed by atoms with E-state index in [1.54, 1.807) is 0 Å². The quantitative estimate of drug-likeness (QED) is 0.667. The van der Waals surface area contributed by atoms with Gasteiger partial charge in [-0.2, -0.15) is 0 Å². The summed E-state index contributed by atoms with van der Waals surface area (Å²) in [5.41, 5.74) is 2.15. The van der Waals surface area contributed by atoms with Crippen LogP contribution in [0.25, 0.3) is 0 Å². The Labute approximate surface area is 83.1 Å². The molecular weight excluding hydrogens is 178 g/mol. The Morgan fingerprint density at radius 3 is 2.93 bits per heavy atom. The maximum absolute atomic E-state index is 11.2. The minimum Gasteiger partial charge on any atom is -0.469 e. The van der Waals surface area contributed by atoms with Crippen LogP contribution in [0.3, 0.4) is 0 Å². The van der Waals surface area contributed by atoms with E-state index in [9.17, 15) is 4.79 Å². The number of aromatic nitrogens is 1. The van der Waals surface area contributed by atoms with Gasteiger partial charge in [-0.05, 0) is 30.9 Å². The summed E-state index contributed by atoms with van der Waals surface area (Å²) in [6.45, 7) is 1.95.